The Morgan fingerprint density at radius 3 is 2.33 bits per heavy atom. The molecule has 2 aromatic carbocycles. The van der Waals surface area contributed by atoms with E-state index in [1.807, 2.05) is 34.1 Å². The van der Waals surface area contributed by atoms with Crippen LogP contribution in [0.2, 0.25) is 0 Å². The van der Waals surface area contributed by atoms with Gasteiger partial charge < -0.3 is 19.7 Å². The number of benzene rings is 2. The number of aryl methyl sites for hydroxylation is 1. The molecule has 7 nitrogen and oxygen atoms in total. The molecule has 0 unspecified atom stereocenters. The van der Waals surface area contributed by atoms with E-state index in [-0.39, 0.29) is 24.1 Å². The summed E-state index contributed by atoms with van der Waals surface area (Å²) in [6.07, 6.45) is 1.91. The van der Waals surface area contributed by atoms with E-state index in [1.165, 1.54) is 24.3 Å². The number of hydrogen-bond donors (Lipinski definition) is 1. The van der Waals surface area contributed by atoms with E-state index in [9.17, 15) is 18.4 Å². The van der Waals surface area contributed by atoms with Crippen molar-refractivity contribution in [2.45, 2.75) is 25.9 Å². The number of hydrogen-bond acceptors (Lipinski definition) is 5. The van der Waals surface area contributed by atoms with Crippen LogP contribution in [0.15, 0.2) is 48.5 Å². The summed E-state index contributed by atoms with van der Waals surface area (Å²) in [7, 11) is 1.62. The first-order valence-corrected chi connectivity index (χ1v) is 10.9. The van der Waals surface area contributed by atoms with Crippen LogP contribution in [0.5, 0.6) is 11.5 Å². The van der Waals surface area contributed by atoms with E-state index in [0.29, 0.717) is 38.2 Å². The number of nitrogens with one attached hydrogen (secondary N) is 1. The Labute approximate surface area is 192 Å². The van der Waals surface area contributed by atoms with E-state index in [0.717, 1.165) is 24.3 Å². The SMILES string of the molecule is COc1ccc(CCC(=O)N2CCCN(CC(=O)Nc3ccc(OC(F)F)cc3)CC2)cc1. The van der Waals surface area contributed by atoms with Crippen LogP contribution in [0.3, 0.4) is 0 Å². The van der Waals surface area contributed by atoms with Crippen LogP contribution in [-0.2, 0) is 16.0 Å². The number of carbonyl (C=O) groups is 2. The number of alkyl halides is 2. The lowest BCUT2D eigenvalue weighted by Crippen LogP contribution is -2.38. The maximum Gasteiger partial charge on any atom is 0.387 e. The Kier molecular flexibility index (Phi) is 9.00. The third-order valence-electron chi connectivity index (χ3n) is 5.46. The van der Waals surface area contributed by atoms with Gasteiger partial charge in [-0.3, -0.25) is 14.5 Å². The Morgan fingerprint density at radius 2 is 1.67 bits per heavy atom. The molecule has 2 amide bonds. The molecule has 178 valence electrons. The second-order valence-corrected chi connectivity index (χ2v) is 7.81. The van der Waals surface area contributed by atoms with Crippen LogP contribution in [0.25, 0.3) is 0 Å². The number of carbonyl (C=O) groups excluding carboxylic acids is 2. The molecule has 1 aliphatic rings. The number of methoxy groups -OCH3 is 1. The monoisotopic (exact) mass is 461 g/mol. The van der Waals surface area contributed by atoms with E-state index >= 15 is 0 Å². The summed E-state index contributed by atoms with van der Waals surface area (Å²) in [5, 5.41) is 2.76. The normalized spacial score (nSPS) is 14.6. The molecule has 0 aliphatic carbocycles. The number of halogens is 2. The molecule has 1 N–H and O–H groups in total. The van der Waals surface area contributed by atoms with Gasteiger partial charge in [0.1, 0.15) is 11.5 Å². The van der Waals surface area contributed by atoms with Crippen LogP contribution in [0.1, 0.15) is 18.4 Å². The molecule has 2 aromatic rings. The quantitative estimate of drug-likeness (QED) is 0.620. The molecule has 1 fully saturated rings. The summed E-state index contributed by atoms with van der Waals surface area (Å²) in [5.41, 5.74) is 1.60. The molecule has 0 spiro atoms. The van der Waals surface area contributed by atoms with Gasteiger partial charge in [0.2, 0.25) is 11.8 Å². The molecule has 0 saturated carbocycles. The molecule has 1 heterocycles. The van der Waals surface area contributed by atoms with Crippen molar-refractivity contribution in [3.8, 4) is 11.5 Å². The maximum atomic E-state index is 12.7. The number of anilines is 1. The molecule has 33 heavy (non-hydrogen) atoms. The molecule has 0 bridgehead atoms. The minimum Gasteiger partial charge on any atom is -0.497 e. The highest BCUT2D eigenvalue weighted by atomic mass is 19.3. The van der Waals surface area contributed by atoms with Gasteiger partial charge in [0, 0.05) is 38.3 Å². The topological polar surface area (TPSA) is 71.1 Å². The summed E-state index contributed by atoms with van der Waals surface area (Å²) >= 11 is 0. The standard InChI is InChI=1S/C24H29F2N3O4/c1-32-20-8-3-18(4-9-20)5-12-23(31)29-14-2-13-28(15-16-29)17-22(30)27-19-6-10-21(11-7-19)33-24(25)26/h3-4,6-11,24H,2,5,12-17H2,1H3,(H,27,30). The van der Waals surface area contributed by atoms with Crippen LogP contribution in [0, 0.1) is 0 Å². The molecular formula is C24H29F2N3O4. The molecule has 1 aliphatic heterocycles. The summed E-state index contributed by atoms with van der Waals surface area (Å²) in [6.45, 7) is -0.107. The van der Waals surface area contributed by atoms with Crippen LogP contribution in [-0.4, -0.2) is 68.1 Å². The summed E-state index contributed by atoms with van der Waals surface area (Å²) in [4.78, 5) is 28.9. The van der Waals surface area contributed by atoms with Crippen LogP contribution >= 0.6 is 0 Å². The van der Waals surface area contributed by atoms with Gasteiger partial charge in [0.05, 0.1) is 13.7 Å². The number of rotatable bonds is 9. The molecule has 9 heteroatoms. The predicted molar refractivity (Wildman–Crippen MR) is 121 cm³/mol. The number of amides is 2. The highest BCUT2D eigenvalue weighted by molar-refractivity contribution is 5.92. The first kappa shape index (κ1) is 24.4. The minimum absolute atomic E-state index is 0.0345. The third kappa shape index (κ3) is 8.02. The molecule has 0 atom stereocenters. The predicted octanol–water partition coefficient (Wildman–Crippen LogP) is 3.40. The lowest BCUT2D eigenvalue weighted by atomic mass is 10.1. The van der Waals surface area contributed by atoms with Crippen molar-refractivity contribution in [3.63, 3.8) is 0 Å². The van der Waals surface area contributed by atoms with Gasteiger partial charge >= 0.3 is 6.61 Å². The second-order valence-electron chi connectivity index (χ2n) is 7.81. The van der Waals surface area contributed by atoms with E-state index in [4.69, 9.17) is 4.74 Å². The Morgan fingerprint density at radius 1 is 0.970 bits per heavy atom. The second kappa shape index (κ2) is 12.2. The van der Waals surface area contributed by atoms with E-state index in [1.54, 1.807) is 7.11 Å². The number of ether oxygens (including phenoxy) is 2. The summed E-state index contributed by atoms with van der Waals surface area (Å²) in [5.74, 6) is 0.742. The molecule has 3 rings (SSSR count). The Bertz CT molecular complexity index is 907. The molecule has 0 aromatic heterocycles. The molecule has 1 saturated heterocycles. The van der Waals surface area contributed by atoms with Gasteiger partial charge in [-0.05, 0) is 54.8 Å². The van der Waals surface area contributed by atoms with Crippen molar-refractivity contribution >= 4 is 17.5 Å². The fourth-order valence-electron chi connectivity index (χ4n) is 3.70. The van der Waals surface area contributed by atoms with Crippen molar-refractivity contribution < 1.29 is 27.8 Å². The van der Waals surface area contributed by atoms with Crippen molar-refractivity contribution in [1.82, 2.24) is 9.80 Å². The lowest BCUT2D eigenvalue weighted by molar-refractivity contribution is -0.131. The maximum absolute atomic E-state index is 12.7. The number of nitrogens with zero attached hydrogens (tertiary/aromatic N) is 2. The van der Waals surface area contributed by atoms with Gasteiger partial charge in [-0.15, -0.1) is 0 Å². The average molecular weight is 462 g/mol. The van der Waals surface area contributed by atoms with Gasteiger partial charge in [-0.1, -0.05) is 12.1 Å². The van der Waals surface area contributed by atoms with Crippen LogP contribution < -0.4 is 14.8 Å². The van der Waals surface area contributed by atoms with Crippen molar-refractivity contribution in [1.29, 1.82) is 0 Å². The average Bonchev–Trinajstić information content (AvgIpc) is 3.04. The smallest absolute Gasteiger partial charge is 0.387 e. The highest BCUT2D eigenvalue weighted by Gasteiger charge is 2.20. The van der Waals surface area contributed by atoms with Gasteiger partial charge in [0.25, 0.3) is 0 Å². The zero-order chi connectivity index (χ0) is 23.6. The lowest BCUT2D eigenvalue weighted by Gasteiger charge is -2.22. The van der Waals surface area contributed by atoms with Gasteiger partial charge in [0.15, 0.2) is 0 Å². The summed E-state index contributed by atoms with van der Waals surface area (Å²) in [6, 6.07) is 13.5. The Hall–Kier alpha value is -3.20. The minimum atomic E-state index is -2.89. The third-order valence-corrected chi connectivity index (χ3v) is 5.46. The zero-order valence-corrected chi connectivity index (χ0v) is 18.6. The van der Waals surface area contributed by atoms with Gasteiger partial charge in [-0.2, -0.15) is 8.78 Å². The van der Waals surface area contributed by atoms with Gasteiger partial charge in [-0.25, -0.2) is 0 Å². The van der Waals surface area contributed by atoms with Crippen molar-refractivity contribution in [2.24, 2.45) is 0 Å². The Balaban J connectivity index is 1.41. The largest absolute Gasteiger partial charge is 0.497 e. The zero-order valence-electron chi connectivity index (χ0n) is 18.6. The highest BCUT2D eigenvalue weighted by Crippen LogP contribution is 2.18. The molecular weight excluding hydrogens is 432 g/mol. The fraction of sp³-hybridized carbons (Fsp3) is 0.417. The fourth-order valence-corrected chi connectivity index (χ4v) is 3.70. The van der Waals surface area contributed by atoms with Crippen molar-refractivity contribution in [2.75, 3.05) is 45.2 Å². The first-order valence-electron chi connectivity index (χ1n) is 10.9. The van der Waals surface area contributed by atoms with Crippen LogP contribution in [0.4, 0.5) is 14.5 Å². The first-order chi connectivity index (χ1) is 15.9. The van der Waals surface area contributed by atoms with E-state index in [2.05, 4.69) is 10.1 Å². The van der Waals surface area contributed by atoms with E-state index < -0.39 is 6.61 Å². The summed E-state index contributed by atoms with van der Waals surface area (Å²) < 4.78 is 33.9. The molecule has 0 radical (unpaired) electrons. The van der Waals surface area contributed by atoms with Crippen molar-refractivity contribution in [3.05, 3.63) is 54.1 Å².